The molecule has 1 aromatic carbocycles. The number of rotatable bonds is 1. The number of amides is 1. The Morgan fingerprint density at radius 2 is 2.07 bits per heavy atom. The fraction of sp³-hybridized carbons (Fsp3) is 0.182. The van der Waals surface area contributed by atoms with Crippen molar-refractivity contribution in [3.8, 4) is 11.8 Å². The Bertz CT molecular complexity index is 371. The molecular formula is C11H12N2O. The van der Waals surface area contributed by atoms with Crippen LogP contribution in [0.1, 0.15) is 12.5 Å². The molecule has 0 spiro atoms. The Balaban J connectivity index is 2.68. The molecule has 0 radical (unpaired) electrons. The molecular weight excluding hydrogens is 176 g/mol. The van der Waals surface area contributed by atoms with Crippen LogP contribution in [0.4, 0.5) is 5.69 Å². The van der Waals surface area contributed by atoms with Gasteiger partial charge in [-0.05, 0) is 31.2 Å². The molecule has 0 saturated heterocycles. The van der Waals surface area contributed by atoms with Crippen LogP contribution in [0.5, 0.6) is 0 Å². The normalized spacial score (nSPS) is 8.64. The van der Waals surface area contributed by atoms with E-state index in [1.165, 1.54) is 0 Å². The molecule has 3 nitrogen and oxygen atoms in total. The lowest BCUT2D eigenvalue weighted by Gasteiger charge is -1.92. The van der Waals surface area contributed by atoms with Crippen LogP contribution in [-0.4, -0.2) is 12.5 Å². The van der Waals surface area contributed by atoms with Crippen LogP contribution < -0.4 is 11.1 Å². The van der Waals surface area contributed by atoms with Crippen molar-refractivity contribution in [2.24, 2.45) is 0 Å². The average molecular weight is 188 g/mol. The maximum Gasteiger partial charge on any atom is 0.296 e. The third kappa shape index (κ3) is 3.20. The molecule has 3 N–H and O–H groups in total. The van der Waals surface area contributed by atoms with Crippen LogP contribution in [0.2, 0.25) is 0 Å². The van der Waals surface area contributed by atoms with Crippen molar-refractivity contribution >= 4 is 11.6 Å². The summed E-state index contributed by atoms with van der Waals surface area (Å²) >= 11 is 0. The first-order valence-electron chi connectivity index (χ1n) is 4.37. The first kappa shape index (κ1) is 10.1. The van der Waals surface area contributed by atoms with Crippen molar-refractivity contribution in [2.45, 2.75) is 6.92 Å². The summed E-state index contributed by atoms with van der Waals surface area (Å²) in [5.41, 5.74) is 6.97. The standard InChI is InChI=1S/C11H12N2O/c1-2-13-11(14)8-5-9-3-6-10(12)7-4-9/h3-4,6-7H,2,12H2,1H3,(H,13,14). The molecule has 0 aliphatic carbocycles. The van der Waals surface area contributed by atoms with E-state index >= 15 is 0 Å². The Morgan fingerprint density at radius 1 is 1.43 bits per heavy atom. The van der Waals surface area contributed by atoms with E-state index in [9.17, 15) is 4.79 Å². The van der Waals surface area contributed by atoms with Crippen molar-refractivity contribution < 1.29 is 4.79 Å². The van der Waals surface area contributed by atoms with Gasteiger partial charge in [-0.3, -0.25) is 4.79 Å². The first-order valence-corrected chi connectivity index (χ1v) is 4.37. The van der Waals surface area contributed by atoms with E-state index in [2.05, 4.69) is 17.2 Å². The fourth-order valence-corrected chi connectivity index (χ4v) is 0.900. The van der Waals surface area contributed by atoms with E-state index < -0.39 is 0 Å². The van der Waals surface area contributed by atoms with Crippen LogP contribution in [0.3, 0.4) is 0 Å². The van der Waals surface area contributed by atoms with Crippen LogP contribution >= 0.6 is 0 Å². The van der Waals surface area contributed by atoms with Crippen LogP contribution in [-0.2, 0) is 4.79 Å². The Labute approximate surface area is 83.3 Å². The molecule has 0 aromatic heterocycles. The molecule has 0 aliphatic heterocycles. The molecule has 72 valence electrons. The van der Waals surface area contributed by atoms with Gasteiger partial charge in [-0.15, -0.1) is 0 Å². The van der Waals surface area contributed by atoms with Crippen LogP contribution in [0.15, 0.2) is 24.3 Å². The number of anilines is 1. The van der Waals surface area contributed by atoms with Crippen molar-refractivity contribution in [3.63, 3.8) is 0 Å². The van der Waals surface area contributed by atoms with Crippen LogP contribution in [0, 0.1) is 11.8 Å². The molecule has 0 unspecified atom stereocenters. The number of hydrogen-bond acceptors (Lipinski definition) is 2. The number of benzene rings is 1. The van der Waals surface area contributed by atoms with Gasteiger partial charge in [0.15, 0.2) is 0 Å². The summed E-state index contributed by atoms with van der Waals surface area (Å²) in [5.74, 6) is 4.96. The highest BCUT2D eigenvalue weighted by atomic mass is 16.1. The van der Waals surface area contributed by atoms with Gasteiger partial charge >= 0.3 is 0 Å². The first-order chi connectivity index (χ1) is 6.72. The summed E-state index contributed by atoms with van der Waals surface area (Å²) < 4.78 is 0. The van der Waals surface area contributed by atoms with Crippen molar-refractivity contribution in [1.29, 1.82) is 0 Å². The molecule has 1 aromatic rings. The highest BCUT2D eigenvalue weighted by molar-refractivity contribution is 5.94. The lowest BCUT2D eigenvalue weighted by molar-refractivity contribution is -0.115. The maximum absolute atomic E-state index is 11.0. The van der Waals surface area contributed by atoms with E-state index in [-0.39, 0.29) is 5.91 Å². The largest absolute Gasteiger partial charge is 0.399 e. The lowest BCUT2D eigenvalue weighted by Crippen LogP contribution is -2.20. The van der Waals surface area contributed by atoms with E-state index in [4.69, 9.17) is 5.73 Å². The number of carbonyl (C=O) groups is 1. The summed E-state index contributed by atoms with van der Waals surface area (Å²) in [6, 6.07) is 7.06. The number of hydrogen-bond donors (Lipinski definition) is 2. The Hall–Kier alpha value is -1.95. The molecule has 0 aliphatic rings. The topological polar surface area (TPSA) is 55.1 Å². The van der Waals surface area contributed by atoms with Gasteiger partial charge in [0, 0.05) is 23.7 Å². The molecule has 3 heteroatoms. The summed E-state index contributed by atoms with van der Waals surface area (Å²) in [6.45, 7) is 2.44. The molecule has 14 heavy (non-hydrogen) atoms. The van der Waals surface area contributed by atoms with Crippen LogP contribution in [0.25, 0.3) is 0 Å². The highest BCUT2D eigenvalue weighted by Crippen LogP contribution is 2.03. The van der Waals surface area contributed by atoms with E-state index in [0.717, 1.165) is 5.56 Å². The molecule has 0 atom stereocenters. The maximum atomic E-state index is 11.0. The SMILES string of the molecule is CCNC(=O)C#Cc1ccc(N)cc1. The molecule has 0 fully saturated rings. The minimum absolute atomic E-state index is 0.260. The number of nitrogens with one attached hydrogen (secondary N) is 1. The van der Waals surface area contributed by atoms with Gasteiger partial charge in [-0.1, -0.05) is 5.92 Å². The minimum Gasteiger partial charge on any atom is -0.399 e. The van der Waals surface area contributed by atoms with Gasteiger partial charge in [-0.25, -0.2) is 0 Å². The van der Waals surface area contributed by atoms with Gasteiger partial charge in [-0.2, -0.15) is 0 Å². The monoisotopic (exact) mass is 188 g/mol. The van der Waals surface area contributed by atoms with Crippen molar-refractivity contribution in [3.05, 3.63) is 29.8 Å². The third-order valence-corrected chi connectivity index (χ3v) is 1.57. The predicted octanol–water partition coefficient (Wildman–Crippen LogP) is 0.756. The number of carbonyl (C=O) groups excluding carboxylic acids is 1. The van der Waals surface area contributed by atoms with Gasteiger partial charge in [0.2, 0.25) is 0 Å². The summed E-state index contributed by atoms with van der Waals surface area (Å²) in [5, 5.41) is 2.59. The second-order valence-electron chi connectivity index (χ2n) is 2.73. The average Bonchev–Trinajstić information content (AvgIpc) is 2.17. The smallest absolute Gasteiger partial charge is 0.296 e. The van der Waals surface area contributed by atoms with Crippen molar-refractivity contribution in [1.82, 2.24) is 5.32 Å². The quantitative estimate of drug-likeness (QED) is 0.505. The Morgan fingerprint density at radius 3 is 2.64 bits per heavy atom. The third-order valence-electron chi connectivity index (χ3n) is 1.57. The number of nitrogen functional groups attached to an aromatic ring is 1. The molecule has 0 heterocycles. The Kier molecular flexibility index (Phi) is 3.57. The lowest BCUT2D eigenvalue weighted by atomic mass is 10.2. The molecule has 0 saturated carbocycles. The molecule has 0 bridgehead atoms. The zero-order chi connectivity index (χ0) is 10.4. The van der Waals surface area contributed by atoms with Gasteiger partial charge in [0.25, 0.3) is 5.91 Å². The van der Waals surface area contributed by atoms with E-state index in [1.807, 2.05) is 6.92 Å². The molecule has 1 amide bonds. The van der Waals surface area contributed by atoms with E-state index in [0.29, 0.717) is 12.2 Å². The van der Waals surface area contributed by atoms with Gasteiger partial charge in [0.05, 0.1) is 0 Å². The summed E-state index contributed by atoms with van der Waals surface area (Å²) in [7, 11) is 0. The summed E-state index contributed by atoms with van der Waals surface area (Å²) in [4.78, 5) is 11.0. The van der Waals surface area contributed by atoms with Gasteiger partial charge < -0.3 is 11.1 Å². The van der Waals surface area contributed by atoms with E-state index in [1.54, 1.807) is 24.3 Å². The second kappa shape index (κ2) is 4.93. The highest BCUT2D eigenvalue weighted by Gasteiger charge is 1.90. The fourth-order valence-electron chi connectivity index (χ4n) is 0.900. The molecule has 1 rings (SSSR count). The minimum atomic E-state index is -0.260. The van der Waals surface area contributed by atoms with Gasteiger partial charge in [0.1, 0.15) is 0 Å². The predicted molar refractivity (Wildman–Crippen MR) is 56.4 cm³/mol. The second-order valence-corrected chi connectivity index (χ2v) is 2.73. The zero-order valence-electron chi connectivity index (χ0n) is 8.00. The zero-order valence-corrected chi connectivity index (χ0v) is 8.00. The summed E-state index contributed by atoms with van der Waals surface area (Å²) in [6.07, 6.45) is 0. The number of nitrogens with two attached hydrogens (primary N) is 1. The van der Waals surface area contributed by atoms with Crippen molar-refractivity contribution in [2.75, 3.05) is 12.3 Å².